The number of hydrogen-bond acceptors (Lipinski definition) is 6. The molecule has 0 radical (unpaired) electrons. The molecule has 9 nitrogen and oxygen atoms in total. The highest BCUT2D eigenvalue weighted by atomic mass is 16.5. The summed E-state index contributed by atoms with van der Waals surface area (Å²) in [7, 11) is 1.77. The highest BCUT2D eigenvalue weighted by molar-refractivity contribution is 5.70. The third-order valence-electron chi connectivity index (χ3n) is 5.96. The SMILES string of the molecule is Cn1nnc(-c2ccc(O[C@H]3CCC[C@H](C(=O)O)C3)cc2)c1CNC(=O)OCc1ccccc1. The fourth-order valence-electron chi connectivity index (χ4n) is 4.09. The largest absolute Gasteiger partial charge is 0.490 e. The van der Waals surface area contributed by atoms with Gasteiger partial charge in [-0.3, -0.25) is 4.79 Å². The summed E-state index contributed by atoms with van der Waals surface area (Å²) >= 11 is 0. The summed E-state index contributed by atoms with van der Waals surface area (Å²) < 4.78 is 12.9. The highest BCUT2D eigenvalue weighted by Gasteiger charge is 2.28. The van der Waals surface area contributed by atoms with Crippen molar-refractivity contribution in [1.82, 2.24) is 20.3 Å². The van der Waals surface area contributed by atoms with Crippen LogP contribution < -0.4 is 10.1 Å². The van der Waals surface area contributed by atoms with Crippen LogP contribution in [0, 0.1) is 5.92 Å². The van der Waals surface area contributed by atoms with Gasteiger partial charge < -0.3 is 19.9 Å². The number of amides is 1. The Morgan fingerprint density at radius 3 is 2.62 bits per heavy atom. The second kappa shape index (κ2) is 10.8. The fourth-order valence-corrected chi connectivity index (χ4v) is 4.09. The van der Waals surface area contributed by atoms with Crippen LogP contribution in [0.25, 0.3) is 11.3 Å². The molecule has 2 N–H and O–H groups in total. The Bertz CT molecular complexity index is 1110. The third kappa shape index (κ3) is 5.92. The minimum atomic E-state index is -0.753. The summed E-state index contributed by atoms with van der Waals surface area (Å²) in [4.78, 5) is 23.4. The lowest BCUT2D eigenvalue weighted by Crippen LogP contribution is -2.29. The van der Waals surface area contributed by atoms with Crippen LogP contribution in [0.15, 0.2) is 54.6 Å². The van der Waals surface area contributed by atoms with E-state index in [-0.39, 0.29) is 25.2 Å². The molecule has 9 heteroatoms. The molecule has 1 saturated carbocycles. The Labute approximate surface area is 197 Å². The van der Waals surface area contributed by atoms with Crippen molar-refractivity contribution in [2.24, 2.45) is 13.0 Å². The molecule has 1 aliphatic carbocycles. The first-order chi connectivity index (χ1) is 16.5. The number of aromatic nitrogens is 3. The van der Waals surface area contributed by atoms with Crippen LogP contribution in [0.4, 0.5) is 4.79 Å². The number of benzene rings is 2. The molecule has 178 valence electrons. The van der Waals surface area contributed by atoms with Crippen molar-refractivity contribution in [3.05, 3.63) is 65.9 Å². The molecule has 0 saturated heterocycles. The number of hydrogen-bond donors (Lipinski definition) is 2. The zero-order valence-corrected chi connectivity index (χ0v) is 19.0. The van der Waals surface area contributed by atoms with Crippen LogP contribution in [0.3, 0.4) is 0 Å². The van der Waals surface area contributed by atoms with E-state index in [4.69, 9.17) is 9.47 Å². The highest BCUT2D eigenvalue weighted by Crippen LogP contribution is 2.29. The average Bonchev–Trinajstić information content (AvgIpc) is 3.23. The average molecular weight is 465 g/mol. The second-order valence-electron chi connectivity index (χ2n) is 8.39. The lowest BCUT2D eigenvalue weighted by atomic mass is 9.87. The van der Waals surface area contributed by atoms with Gasteiger partial charge in [0.1, 0.15) is 18.1 Å². The number of nitrogens with one attached hydrogen (secondary N) is 1. The Hall–Kier alpha value is -3.88. The summed E-state index contributed by atoms with van der Waals surface area (Å²) in [6.45, 7) is 0.405. The molecular weight excluding hydrogens is 436 g/mol. The second-order valence-corrected chi connectivity index (χ2v) is 8.39. The van der Waals surface area contributed by atoms with Gasteiger partial charge in [-0.05, 0) is 55.5 Å². The van der Waals surface area contributed by atoms with Crippen LogP contribution in [0.5, 0.6) is 5.75 Å². The maximum Gasteiger partial charge on any atom is 0.407 e. The lowest BCUT2D eigenvalue weighted by Gasteiger charge is -2.27. The molecule has 1 aliphatic rings. The van der Waals surface area contributed by atoms with Gasteiger partial charge in [0.2, 0.25) is 0 Å². The van der Waals surface area contributed by atoms with Gasteiger partial charge in [-0.15, -0.1) is 5.10 Å². The van der Waals surface area contributed by atoms with Crippen molar-refractivity contribution in [1.29, 1.82) is 0 Å². The summed E-state index contributed by atoms with van der Waals surface area (Å²) in [5.41, 5.74) is 3.14. The van der Waals surface area contributed by atoms with E-state index in [0.29, 0.717) is 24.3 Å². The Morgan fingerprint density at radius 2 is 1.88 bits per heavy atom. The van der Waals surface area contributed by atoms with Crippen molar-refractivity contribution < 1.29 is 24.2 Å². The van der Waals surface area contributed by atoms with Crippen molar-refractivity contribution in [2.45, 2.75) is 44.9 Å². The van der Waals surface area contributed by atoms with E-state index in [1.807, 2.05) is 54.6 Å². The van der Waals surface area contributed by atoms with Gasteiger partial charge in [0.25, 0.3) is 0 Å². The normalized spacial score (nSPS) is 17.7. The smallest absolute Gasteiger partial charge is 0.407 e. The molecule has 34 heavy (non-hydrogen) atoms. The first-order valence-corrected chi connectivity index (χ1v) is 11.3. The number of carbonyl (C=O) groups is 2. The summed E-state index contributed by atoms with van der Waals surface area (Å²) in [5.74, 6) is -0.406. The molecule has 2 atom stereocenters. The van der Waals surface area contributed by atoms with Gasteiger partial charge in [-0.25, -0.2) is 9.48 Å². The van der Waals surface area contributed by atoms with E-state index in [2.05, 4.69) is 15.6 Å². The number of carboxylic acid groups (broad SMARTS) is 1. The molecule has 2 aromatic carbocycles. The topological polar surface area (TPSA) is 116 Å². The first kappa shape index (κ1) is 23.3. The van der Waals surface area contributed by atoms with Crippen LogP contribution in [-0.2, 0) is 29.7 Å². The van der Waals surface area contributed by atoms with Crippen LogP contribution in [0.2, 0.25) is 0 Å². The van der Waals surface area contributed by atoms with E-state index in [1.165, 1.54) is 0 Å². The van der Waals surface area contributed by atoms with Crippen molar-refractivity contribution >= 4 is 12.1 Å². The number of alkyl carbamates (subject to hydrolysis) is 1. The molecule has 4 rings (SSSR count). The fraction of sp³-hybridized carbons (Fsp3) is 0.360. The van der Waals surface area contributed by atoms with E-state index >= 15 is 0 Å². The van der Waals surface area contributed by atoms with Crippen LogP contribution in [0.1, 0.15) is 36.9 Å². The number of aliphatic carboxylic acids is 1. The summed E-state index contributed by atoms with van der Waals surface area (Å²) in [6.07, 6.45) is 2.32. The molecule has 1 heterocycles. The van der Waals surface area contributed by atoms with E-state index in [1.54, 1.807) is 11.7 Å². The standard InChI is InChI=1S/C25H28N4O5/c1-29-22(15-26-25(32)33-16-17-6-3-2-4-7-17)23(27-28-29)18-10-12-20(13-11-18)34-21-9-5-8-19(14-21)24(30)31/h2-4,6-7,10-13,19,21H,5,8-9,14-16H2,1H3,(H,26,32)(H,30,31)/t19-,21-/m0/s1. The van der Waals surface area contributed by atoms with Crippen molar-refractivity contribution in [2.75, 3.05) is 0 Å². The zero-order valence-electron chi connectivity index (χ0n) is 19.0. The molecule has 0 unspecified atom stereocenters. The van der Waals surface area contributed by atoms with E-state index in [9.17, 15) is 14.7 Å². The monoisotopic (exact) mass is 464 g/mol. The lowest BCUT2D eigenvalue weighted by molar-refractivity contribution is -0.143. The molecule has 0 aliphatic heterocycles. The number of nitrogens with zero attached hydrogens (tertiary/aromatic N) is 3. The number of carbonyl (C=O) groups excluding carboxylic acids is 1. The predicted octanol–water partition coefficient (Wildman–Crippen LogP) is 3.93. The summed E-state index contributed by atoms with van der Waals surface area (Å²) in [5, 5.41) is 20.4. The quantitative estimate of drug-likeness (QED) is 0.519. The Balaban J connectivity index is 1.34. The van der Waals surface area contributed by atoms with E-state index in [0.717, 1.165) is 29.7 Å². The molecule has 0 spiro atoms. The van der Waals surface area contributed by atoms with Crippen molar-refractivity contribution in [3.8, 4) is 17.0 Å². The molecule has 3 aromatic rings. The van der Waals surface area contributed by atoms with E-state index < -0.39 is 12.1 Å². The first-order valence-electron chi connectivity index (χ1n) is 11.3. The third-order valence-corrected chi connectivity index (χ3v) is 5.96. The number of ether oxygens (including phenoxy) is 2. The van der Waals surface area contributed by atoms with Crippen LogP contribution >= 0.6 is 0 Å². The van der Waals surface area contributed by atoms with Gasteiger partial charge in [0, 0.05) is 12.6 Å². The van der Waals surface area contributed by atoms with Gasteiger partial charge in [0.05, 0.1) is 24.3 Å². The number of carboxylic acids is 1. The molecular formula is C25H28N4O5. The van der Waals surface area contributed by atoms with Gasteiger partial charge in [-0.2, -0.15) is 0 Å². The molecule has 1 aromatic heterocycles. The summed E-state index contributed by atoms with van der Waals surface area (Å²) in [6, 6.07) is 16.9. The minimum absolute atomic E-state index is 0.0983. The molecule has 1 fully saturated rings. The van der Waals surface area contributed by atoms with Crippen molar-refractivity contribution in [3.63, 3.8) is 0 Å². The Kier molecular flexibility index (Phi) is 7.41. The maximum atomic E-state index is 12.1. The Morgan fingerprint density at radius 1 is 1.12 bits per heavy atom. The van der Waals surface area contributed by atoms with Crippen LogP contribution in [-0.4, -0.2) is 38.3 Å². The number of rotatable bonds is 8. The minimum Gasteiger partial charge on any atom is -0.490 e. The van der Waals surface area contributed by atoms with Gasteiger partial charge in [0.15, 0.2) is 0 Å². The predicted molar refractivity (Wildman–Crippen MR) is 124 cm³/mol. The maximum absolute atomic E-state index is 12.1. The van der Waals surface area contributed by atoms with Gasteiger partial charge in [-0.1, -0.05) is 35.5 Å². The number of aryl methyl sites for hydroxylation is 1. The molecule has 1 amide bonds. The van der Waals surface area contributed by atoms with Gasteiger partial charge >= 0.3 is 12.1 Å². The molecule has 0 bridgehead atoms. The zero-order chi connectivity index (χ0) is 23.9.